The second kappa shape index (κ2) is 4.33. The molecule has 0 bridgehead atoms. The van der Waals surface area contributed by atoms with Crippen LogP contribution in [0.4, 0.5) is 39.5 Å². The predicted octanol–water partition coefficient (Wildman–Crippen LogP) is 3.13. The first-order valence-corrected chi connectivity index (χ1v) is 2.57. The molecule has 0 N–H and O–H groups in total. The van der Waals surface area contributed by atoms with E-state index in [1.54, 1.807) is 0 Å². The summed E-state index contributed by atoms with van der Waals surface area (Å²) in [7, 11) is 0. The fraction of sp³-hybridized carbons (Fsp3) is 1.00. The van der Waals surface area contributed by atoms with Gasteiger partial charge in [-0.3, -0.25) is 0 Å². The largest absolute Gasteiger partial charge is 2.00 e. The first-order valence-electron chi connectivity index (χ1n) is 2.57. The molecule has 0 heterocycles. The van der Waals surface area contributed by atoms with Crippen molar-refractivity contribution in [2.75, 3.05) is 0 Å². The zero-order chi connectivity index (χ0) is 11.1. The van der Waals surface area contributed by atoms with Crippen molar-refractivity contribution in [1.29, 1.82) is 0 Å². The summed E-state index contributed by atoms with van der Waals surface area (Å²) >= 11 is 0. The van der Waals surface area contributed by atoms with Gasteiger partial charge in [0.15, 0.2) is 0 Å². The second-order valence-corrected chi connectivity index (χ2v) is 2.06. The zero-order valence-electron chi connectivity index (χ0n) is 8.19. The van der Waals surface area contributed by atoms with Gasteiger partial charge in [0.25, 0.3) is 0 Å². The van der Waals surface area contributed by atoms with E-state index in [1.807, 2.05) is 0 Å². The number of halogens is 9. The molecule has 0 unspecified atom stereocenters. The molecule has 0 nitrogen and oxygen atoms in total. The van der Waals surface area contributed by atoms with Crippen LogP contribution in [0.25, 0.3) is 0 Å². The van der Waals surface area contributed by atoms with Crippen LogP contribution in [0.2, 0.25) is 0 Å². The molecule has 0 rings (SSSR count). The minimum absolute atomic E-state index is 0. The number of alkyl halides is 9. The molecule has 0 aromatic heterocycles. The van der Waals surface area contributed by atoms with Crippen LogP contribution < -0.4 is 0 Å². The van der Waals surface area contributed by atoms with Gasteiger partial charge in [0.2, 0.25) is 5.92 Å². The Morgan fingerprint density at radius 3 is 0.714 bits per heavy atom. The minimum Gasteiger partial charge on any atom is -1.00 e. The predicted molar refractivity (Wildman–Crippen MR) is 29.6 cm³/mol. The molecule has 0 spiro atoms. The number of hydrogen-bond acceptors (Lipinski definition) is 0. The van der Waals surface area contributed by atoms with E-state index in [2.05, 4.69) is 0 Å². The Kier molecular flexibility index (Phi) is 5.12. The molecule has 0 saturated heterocycles. The van der Waals surface area contributed by atoms with Crippen LogP contribution in [0, 0.1) is 5.92 Å². The van der Waals surface area contributed by atoms with Gasteiger partial charge in [0.1, 0.15) is 0 Å². The summed E-state index contributed by atoms with van der Waals surface area (Å²) in [5.41, 5.74) is 0. The molecule has 84 valence electrons. The second-order valence-electron chi connectivity index (χ2n) is 2.06. The van der Waals surface area contributed by atoms with Crippen LogP contribution in [0.5, 0.6) is 0 Å². The molecule has 0 radical (unpaired) electrons. The summed E-state index contributed by atoms with van der Waals surface area (Å²) in [5.74, 6) is -5.27. The van der Waals surface area contributed by atoms with Crippen molar-refractivity contribution in [3.8, 4) is 0 Å². The average molecular weight is 246 g/mol. The van der Waals surface area contributed by atoms with Crippen molar-refractivity contribution in [3.63, 3.8) is 0 Å². The SMILES string of the molecule is FC(F)(F)C(C(F)(F)F)C(F)(F)F.[H-].[H-].[Mg+2]. The third-order valence-electron chi connectivity index (χ3n) is 0.982. The fourth-order valence-electron chi connectivity index (χ4n) is 0.557. The third-order valence-corrected chi connectivity index (χ3v) is 0.982. The molecule has 0 aliphatic rings. The average Bonchev–Trinajstić information content (AvgIpc) is 1.44. The maximum Gasteiger partial charge on any atom is 2.00 e. The first-order chi connectivity index (χ1) is 5.37. The Bertz CT molecular complexity index is 148. The summed E-state index contributed by atoms with van der Waals surface area (Å²) in [6.07, 6.45) is -19.1. The smallest absolute Gasteiger partial charge is 1.00 e. The summed E-state index contributed by atoms with van der Waals surface area (Å²) in [6.45, 7) is 0. The fourth-order valence-corrected chi connectivity index (χ4v) is 0.557. The van der Waals surface area contributed by atoms with Gasteiger partial charge in [-0.2, -0.15) is 39.5 Å². The Labute approximate surface area is 90.6 Å². The van der Waals surface area contributed by atoms with E-state index < -0.39 is 24.4 Å². The van der Waals surface area contributed by atoms with Crippen LogP contribution >= 0.6 is 0 Å². The Morgan fingerprint density at radius 2 is 0.714 bits per heavy atom. The maximum atomic E-state index is 11.3. The Balaban J connectivity index is -0.000000240. The molecule has 0 atom stereocenters. The van der Waals surface area contributed by atoms with Gasteiger partial charge < -0.3 is 2.85 Å². The van der Waals surface area contributed by atoms with Crippen LogP contribution in [0.1, 0.15) is 2.85 Å². The molecular formula is C4H3F9Mg. The third kappa shape index (κ3) is 4.58. The van der Waals surface area contributed by atoms with E-state index in [9.17, 15) is 39.5 Å². The molecular weight excluding hydrogens is 243 g/mol. The molecule has 0 aliphatic heterocycles. The summed E-state index contributed by atoms with van der Waals surface area (Å²) in [4.78, 5) is 0. The van der Waals surface area contributed by atoms with E-state index in [0.717, 1.165) is 0 Å². The molecule has 0 aromatic carbocycles. The molecule has 14 heavy (non-hydrogen) atoms. The topological polar surface area (TPSA) is 0 Å². The van der Waals surface area contributed by atoms with E-state index in [1.165, 1.54) is 0 Å². The van der Waals surface area contributed by atoms with Crippen LogP contribution in [-0.2, 0) is 0 Å². The van der Waals surface area contributed by atoms with Gasteiger partial charge in [0.05, 0.1) is 0 Å². The number of hydrogen-bond donors (Lipinski definition) is 0. The first kappa shape index (κ1) is 16.6. The van der Waals surface area contributed by atoms with Crippen molar-refractivity contribution in [3.05, 3.63) is 0 Å². The van der Waals surface area contributed by atoms with E-state index in [-0.39, 0.29) is 25.9 Å². The molecule has 0 aromatic rings. The van der Waals surface area contributed by atoms with Gasteiger partial charge in [-0.1, -0.05) is 0 Å². The maximum absolute atomic E-state index is 11.3. The van der Waals surface area contributed by atoms with E-state index in [0.29, 0.717) is 0 Å². The minimum atomic E-state index is -6.36. The quantitative estimate of drug-likeness (QED) is 0.455. The molecule has 0 amide bonds. The Hall–Kier alpha value is 0.136. The summed E-state index contributed by atoms with van der Waals surface area (Å²) in [5, 5.41) is 0. The summed E-state index contributed by atoms with van der Waals surface area (Å²) < 4.78 is 101. The van der Waals surface area contributed by atoms with Crippen molar-refractivity contribution in [2.45, 2.75) is 18.5 Å². The van der Waals surface area contributed by atoms with Crippen molar-refractivity contribution < 1.29 is 42.4 Å². The van der Waals surface area contributed by atoms with Crippen molar-refractivity contribution in [2.24, 2.45) is 5.92 Å². The molecule has 0 aliphatic carbocycles. The summed E-state index contributed by atoms with van der Waals surface area (Å²) in [6, 6.07) is 0. The Morgan fingerprint density at radius 1 is 0.571 bits per heavy atom. The normalized spacial score (nSPS) is 14.1. The van der Waals surface area contributed by atoms with Gasteiger partial charge in [0, 0.05) is 0 Å². The van der Waals surface area contributed by atoms with Crippen LogP contribution in [0.15, 0.2) is 0 Å². The van der Waals surface area contributed by atoms with Crippen LogP contribution in [-0.4, -0.2) is 41.6 Å². The van der Waals surface area contributed by atoms with Crippen LogP contribution in [0.3, 0.4) is 0 Å². The van der Waals surface area contributed by atoms with Gasteiger partial charge in [-0.15, -0.1) is 0 Å². The number of rotatable bonds is 0. The molecule has 0 saturated carbocycles. The molecule has 0 fully saturated rings. The standard InChI is InChI=1S/C4HF9.Mg.2H/c5-2(6,7)1(3(8,9)10)4(11,12)13;;;/h1H;;;/q;+2;2*-1. The van der Waals surface area contributed by atoms with Crippen molar-refractivity contribution >= 4 is 23.1 Å². The van der Waals surface area contributed by atoms with E-state index >= 15 is 0 Å². The monoisotopic (exact) mass is 246 g/mol. The van der Waals surface area contributed by atoms with E-state index in [4.69, 9.17) is 0 Å². The van der Waals surface area contributed by atoms with Gasteiger partial charge in [-0.05, 0) is 0 Å². The molecule has 10 heteroatoms. The van der Waals surface area contributed by atoms with Crippen molar-refractivity contribution in [1.82, 2.24) is 0 Å². The van der Waals surface area contributed by atoms with Gasteiger partial charge in [-0.25, -0.2) is 0 Å². The zero-order valence-corrected chi connectivity index (χ0v) is 7.60. The van der Waals surface area contributed by atoms with Gasteiger partial charge >= 0.3 is 41.6 Å².